The molecular weight excluding hydrogens is 696 g/mol. The zero-order valence-electron chi connectivity index (χ0n) is 29.5. The number of benzene rings is 2. The van der Waals surface area contributed by atoms with Crippen LogP contribution in [0, 0.1) is 0 Å². The summed E-state index contributed by atoms with van der Waals surface area (Å²) in [6.07, 6.45) is -1.05. The fourth-order valence-electron chi connectivity index (χ4n) is 4.88. The molecule has 0 radical (unpaired) electrons. The standard InChI is InChI=1S/C35H49BrN4O7Si/c1-21(37-33(45)46-34(2,3)4)32(44)40(8)28(19-25-24-13-11-12-14-26(24)38-30(25)36)31(43)39-27(20-29(41)42)22-15-17-23(18-16-22)47-48(9,10)35(5,6)7/h11-18,21,27-28,38H,19-20H2,1-10H3,(H,37,45)(H,39,43)(H,41,42)/t21-,27+,28+/m0/s1. The Bertz CT molecular complexity index is 1630. The van der Waals surface area contributed by atoms with Gasteiger partial charge in [-0.15, -0.1) is 0 Å². The first-order valence-corrected chi connectivity index (χ1v) is 19.6. The van der Waals surface area contributed by atoms with Crippen molar-refractivity contribution in [3.63, 3.8) is 0 Å². The van der Waals surface area contributed by atoms with Gasteiger partial charge in [-0.2, -0.15) is 0 Å². The molecule has 0 bridgehead atoms. The third-order valence-electron chi connectivity index (χ3n) is 8.54. The lowest BCUT2D eigenvalue weighted by Crippen LogP contribution is -2.55. The molecule has 11 nitrogen and oxygen atoms in total. The summed E-state index contributed by atoms with van der Waals surface area (Å²) in [6.45, 7) is 17.4. The van der Waals surface area contributed by atoms with Gasteiger partial charge < -0.3 is 34.8 Å². The second kappa shape index (κ2) is 15.1. The Labute approximate surface area is 292 Å². The second-order valence-electron chi connectivity index (χ2n) is 14.6. The highest BCUT2D eigenvalue weighted by Gasteiger charge is 2.39. The molecule has 48 heavy (non-hydrogen) atoms. The number of halogens is 1. The van der Waals surface area contributed by atoms with Gasteiger partial charge in [-0.3, -0.25) is 14.4 Å². The summed E-state index contributed by atoms with van der Waals surface area (Å²) in [5.41, 5.74) is 1.42. The molecule has 0 aliphatic rings. The van der Waals surface area contributed by atoms with Crippen molar-refractivity contribution >= 4 is 59.0 Å². The van der Waals surface area contributed by atoms with Gasteiger partial charge in [0.15, 0.2) is 0 Å². The fourth-order valence-corrected chi connectivity index (χ4v) is 6.50. The summed E-state index contributed by atoms with van der Waals surface area (Å²) >= 11 is 3.57. The number of aromatic amines is 1. The zero-order valence-corrected chi connectivity index (χ0v) is 32.1. The average Bonchev–Trinajstić information content (AvgIpc) is 3.27. The van der Waals surface area contributed by atoms with E-state index in [4.69, 9.17) is 9.16 Å². The normalized spacial score (nSPS) is 14.1. The number of aliphatic carboxylic acids is 1. The third-order valence-corrected chi connectivity index (χ3v) is 13.6. The summed E-state index contributed by atoms with van der Waals surface area (Å²) in [6, 6.07) is 11.7. The van der Waals surface area contributed by atoms with E-state index in [1.165, 1.54) is 18.9 Å². The number of alkyl carbamates (subject to hydrolysis) is 1. The monoisotopic (exact) mass is 744 g/mol. The van der Waals surface area contributed by atoms with Crippen molar-refractivity contribution in [1.82, 2.24) is 20.5 Å². The number of nitrogens with zero attached hydrogens (tertiary/aromatic N) is 1. The molecule has 0 saturated carbocycles. The summed E-state index contributed by atoms with van der Waals surface area (Å²) < 4.78 is 12.4. The van der Waals surface area contributed by atoms with Crippen LogP contribution in [0.5, 0.6) is 5.75 Å². The van der Waals surface area contributed by atoms with E-state index >= 15 is 0 Å². The molecule has 4 N–H and O–H groups in total. The van der Waals surface area contributed by atoms with E-state index in [-0.39, 0.29) is 17.9 Å². The van der Waals surface area contributed by atoms with Crippen molar-refractivity contribution in [2.24, 2.45) is 0 Å². The first-order valence-electron chi connectivity index (χ1n) is 15.9. The van der Waals surface area contributed by atoms with Crippen LogP contribution in [0.15, 0.2) is 53.1 Å². The van der Waals surface area contributed by atoms with E-state index < -0.39 is 55.9 Å². The van der Waals surface area contributed by atoms with Crippen molar-refractivity contribution < 1.29 is 33.4 Å². The molecule has 13 heteroatoms. The van der Waals surface area contributed by atoms with Crippen molar-refractivity contribution in [3.8, 4) is 5.75 Å². The summed E-state index contributed by atoms with van der Waals surface area (Å²) in [5.74, 6) is -1.51. The molecule has 3 amide bonds. The molecule has 1 aromatic heterocycles. The summed E-state index contributed by atoms with van der Waals surface area (Å²) in [7, 11) is -0.622. The van der Waals surface area contributed by atoms with E-state index in [0.717, 1.165) is 16.5 Å². The van der Waals surface area contributed by atoms with E-state index in [2.05, 4.69) is 65.4 Å². The topological polar surface area (TPSA) is 150 Å². The Balaban J connectivity index is 1.94. The van der Waals surface area contributed by atoms with Crippen LogP contribution < -0.4 is 15.1 Å². The molecule has 0 saturated heterocycles. The zero-order chi connectivity index (χ0) is 36.2. The molecule has 3 rings (SSSR count). The number of rotatable bonds is 12. The number of nitrogens with one attached hydrogen (secondary N) is 3. The number of carboxylic acid groups (broad SMARTS) is 1. The molecule has 0 aliphatic heterocycles. The van der Waals surface area contributed by atoms with Gasteiger partial charge in [-0.25, -0.2) is 4.79 Å². The minimum atomic E-state index is -2.11. The molecule has 262 valence electrons. The number of hydrogen-bond donors (Lipinski definition) is 4. The minimum Gasteiger partial charge on any atom is -0.544 e. The van der Waals surface area contributed by atoms with Crippen LogP contribution in [0.4, 0.5) is 4.79 Å². The molecule has 1 heterocycles. The van der Waals surface area contributed by atoms with E-state index in [0.29, 0.717) is 15.9 Å². The fraction of sp³-hybridized carbons (Fsp3) is 0.486. The third kappa shape index (κ3) is 10.1. The molecule has 3 aromatic rings. The Morgan fingerprint density at radius 2 is 1.58 bits per heavy atom. The van der Waals surface area contributed by atoms with Gasteiger partial charge in [0.05, 0.1) is 17.1 Å². The second-order valence-corrected chi connectivity index (χ2v) is 20.1. The Kier molecular flexibility index (Phi) is 12.2. The van der Waals surface area contributed by atoms with E-state index in [1.54, 1.807) is 45.0 Å². The van der Waals surface area contributed by atoms with Gasteiger partial charge in [-0.1, -0.05) is 51.1 Å². The molecule has 2 aromatic carbocycles. The predicted octanol–water partition coefficient (Wildman–Crippen LogP) is 6.93. The summed E-state index contributed by atoms with van der Waals surface area (Å²) in [5, 5.41) is 16.1. The number of para-hydroxylation sites is 1. The highest BCUT2D eigenvalue weighted by atomic mass is 79.9. The van der Waals surface area contributed by atoms with Crippen LogP contribution in [0.1, 0.15) is 72.1 Å². The van der Waals surface area contributed by atoms with Crippen LogP contribution >= 0.6 is 15.9 Å². The van der Waals surface area contributed by atoms with Gasteiger partial charge in [0.2, 0.25) is 20.1 Å². The lowest BCUT2D eigenvalue weighted by molar-refractivity contribution is -0.141. The maximum Gasteiger partial charge on any atom is 0.408 e. The Morgan fingerprint density at radius 1 is 0.979 bits per heavy atom. The molecule has 0 aliphatic carbocycles. The number of carbonyl (C=O) groups is 4. The van der Waals surface area contributed by atoms with Crippen LogP contribution in [0.2, 0.25) is 18.1 Å². The maximum absolute atomic E-state index is 14.2. The van der Waals surface area contributed by atoms with Crippen LogP contribution in [-0.2, 0) is 25.5 Å². The molecule has 0 spiro atoms. The first kappa shape index (κ1) is 38.6. The van der Waals surface area contributed by atoms with Crippen molar-refractivity contribution in [1.29, 1.82) is 0 Å². The summed E-state index contributed by atoms with van der Waals surface area (Å²) in [4.78, 5) is 56.8. The van der Waals surface area contributed by atoms with Gasteiger partial charge in [0, 0.05) is 24.4 Å². The molecular formula is C35H49BrN4O7Si. The van der Waals surface area contributed by atoms with Crippen molar-refractivity contribution in [3.05, 3.63) is 64.3 Å². The van der Waals surface area contributed by atoms with Gasteiger partial charge >= 0.3 is 12.1 Å². The van der Waals surface area contributed by atoms with Crippen molar-refractivity contribution in [2.75, 3.05) is 7.05 Å². The SMILES string of the molecule is C[C@H](NC(=O)OC(C)(C)C)C(=O)N(C)[C@H](Cc1c(Br)[nH]c2ccccc12)C(=O)N[C@H](CC(=O)O)c1ccc(O[Si](C)(C)C(C)(C)C)cc1. The van der Waals surface area contributed by atoms with Gasteiger partial charge in [0.1, 0.15) is 23.4 Å². The molecule has 0 unspecified atom stereocenters. The number of likely N-dealkylation sites (N-methyl/N-ethyl adjacent to an activating group) is 1. The average molecular weight is 746 g/mol. The highest BCUT2D eigenvalue weighted by Crippen LogP contribution is 2.37. The number of aromatic nitrogens is 1. The number of carbonyl (C=O) groups excluding carboxylic acids is 3. The molecule has 0 fully saturated rings. The van der Waals surface area contributed by atoms with Crippen LogP contribution in [0.3, 0.4) is 0 Å². The number of hydrogen-bond acceptors (Lipinski definition) is 6. The quantitative estimate of drug-likeness (QED) is 0.147. The number of amides is 3. The minimum absolute atomic E-state index is 0.0102. The lowest BCUT2D eigenvalue weighted by atomic mass is 10.00. The van der Waals surface area contributed by atoms with Crippen molar-refractivity contribution in [2.45, 2.75) is 103 Å². The Hall–Kier alpha value is -3.84. The number of H-pyrrole nitrogens is 1. The Morgan fingerprint density at radius 3 is 2.15 bits per heavy atom. The molecule has 3 atom stereocenters. The van der Waals surface area contributed by atoms with Crippen LogP contribution in [0.25, 0.3) is 10.9 Å². The predicted molar refractivity (Wildman–Crippen MR) is 192 cm³/mol. The van der Waals surface area contributed by atoms with Crippen LogP contribution in [-0.4, -0.2) is 71.9 Å². The largest absolute Gasteiger partial charge is 0.544 e. The van der Waals surface area contributed by atoms with E-state index in [1.807, 2.05) is 24.3 Å². The lowest BCUT2D eigenvalue weighted by Gasteiger charge is -2.36. The first-order chi connectivity index (χ1) is 22.1. The van der Waals surface area contributed by atoms with Gasteiger partial charge in [-0.05, 0) is 91.1 Å². The smallest absolute Gasteiger partial charge is 0.408 e. The van der Waals surface area contributed by atoms with E-state index in [9.17, 15) is 24.3 Å². The number of fused-ring (bicyclic) bond motifs is 1. The number of carboxylic acids is 1. The number of ether oxygens (including phenoxy) is 1. The highest BCUT2D eigenvalue weighted by molar-refractivity contribution is 9.10. The maximum atomic E-state index is 14.2. The van der Waals surface area contributed by atoms with Gasteiger partial charge in [0.25, 0.3) is 0 Å².